The number of anilines is 1. The molecule has 0 aliphatic rings. The molecule has 2 rings (SSSR count). The second-order valence-electron chi connectivity index (χ2n) is 5.40. The van der Waals surface area contributed by atoms with Crippen LogP contribution in [-0.2, 0) is 11.3 Å². The number of imidazole rings is 1. The van der Waals surface area contributed by atoms with Gasteiger partial charge in [0, 0.05) is 30.7 Å². The number of carbonyl (C=O) groups is 1. The summed E-state index contributed by atoms with van der Waals surface area (Å²) in [6.07, 6.45) is 5.44. The largest absolute Gasteiger partial charge is 0.336 e. The summed E-state index contributed by atoms with van der Waals surface area (Å²) in [5.74, 6) is -0.0312. The first-order valence-electron chi connectivity index (χ1n) is 7.14. The standard InChI is InChI=1S/C16H22N4O/c1-12-4-6-15(7-5-12)19-16(21)14(3)18-13(2)10-20-9-8-17-11-20/h4-9,11,13-14,18H,10H2,1-3H3,(H,19,21). The Kier molecular flexibility index (Phi) is 5.11. The number of aromatic nitrogens is 2. The van der Waals surface area contributed by atoms with E-state index in [4.69, 9.17) is 0 Å². The number of hydrogen-bond donors (Lipinski definition) is 2. The van der Waals surface area contributed by atoms with Crippen molar-refractivity contribution in [2.75, 3.05) is 5.32 Å². The highest BCUT2D eigenvalue weighted by Gasteiger charge is 2.15. The lowest BCUT2D eigenvalue weighted by Crippen LogP contribution is -2.44. The molecule has 2 N–H and O–H groups in total. The van der Waals surface area contributed by atoms with E-state index in [1.54, 1.807) is 12.5 Å². The van der Waals surface area contributed by atoms with E-state index >= 15 is 0 Å². The molecule has 1 heterocycles. The van der Waals surface area contributed by atoms with Crippen molar-refractivity contribution in [2.45, 2.75) is 39.4 Å². The maximum absolute atomic E-state index is 12.1. The molecule has 2 aromatic rings. The highest BCUT2D eigenvalue weighted by Crippen LogP contribution is 2.09. The van der Waals surface area contributed by atoms with Gasteiger partial charge in [0.15, 0.2) is 0 Å². The molecule has 112 valence electrons. The number of aryl methyl sites for hydroxylation is 1. The Balaban J connectivity index is 1.83. The van der Waals surface area contributed by atoms with Crippen molar-refractivity contribution < 1.29 is 4.79 Å². The van der Waals surface area contributed by atoms with E-state index in [9.17, 15) is 4.79 Å². The van der Waals surface area contributed by atoms with Gasteiger partial charge >= 0.3 is 0 Å². The van der Waals surface area contributed by atoms with Crippen molar-refractivity contribution in [3.05, 3.63) is 48.5 Å². The molecule has 0 spiro atoms. The molecule has 5 heteroatoms. The summed E-state index contributed by atoms with van der Waals surface area (Å²) in [4.78, 5) is 16.2. The van der Waals surface area contributed by atoms with Crippen LogP contribution in [0.5, 0.6) is 0 Å². The molecule has 0 saturated carbocycles. The molecule has 1 aromatic carbocycles. The first kappa shape index (κ1) is 15.3. The Morgan fingerprint density at radius 2 is 2.00 bits per heavy atom. The molecule has 2 atom stereocenters. The smallest absolute Gasteiger partial charge is 0.241 e. The third-order valence-corrected chi connectivity index (χ3v) is 3.29. The van der Waals surface area contributed by atoms with Gasteiger partial charge in [0.1, 0.15) is 0 Å². The van der Waals surface area contributed by atoms with Gasteiger partial charge in [-0.3, -0.25) is 4.79 Å². The van der Waals surface area contributed by atoms with Gasteiger partial charge in [-0.15, -0.1) is 0 Å². The molecule has 0 saturated heterocycles. The summed E-state index contributed by atoms with van der Waals surface area (Å²) in [5.41, 5.74) is 2.00. The normalized spacial score (nSPS) is 13.7. The SMILES string of the molecule is Cc1ccc(NC(=O)C(C)NC(C)Cn2ccnc2)cc1. The third kappa shape index (κ3) is 4.72. The number of nitrogens with one attached hydrogen (secondary N) is 2. The Labute approximate surface area is 125 Å². The van der Waals surface area contributed by atoms with Crippen molar-refractivity contribution in [3.63, 3.8) is 0 Å². The predicted molar refractivity (Wildman–Crippen MR) is 84.1 cm³/mol. The van der Waals surface area contributed by atoms with Crippen LogP contribution < -0.4 is 10.6 Å². The molecule has 1 amide bonds. The van der Waals surface area contributed by atoms with Crippen molar-refractivity contribution in [3.8, 4) is 0 Å². The van der Waals surface area contributed by atoms with Gasteiger partial charge in [0.25, 0.3) is 0 Å². The third-order valence-electron chi connectivity index (χ3n) is 3.29. The van der Waals surface area contributed by atoms with Gasteiger partial charge in [-0.1, -0.05) is 17.7 Å². The highest BCUT2D eigenvalue weighted by atomic mass is 16.2. The molecule has 0 radical (unpaired) electrons. The zero-order valence-corrected chi connectivity index (χ0v) is 12.7. The second-order valence-corrected chi connectivity index (χ2v) is 5.40. The lowest BCUT2D eigenvalue weighted by molar-refractivity contribution is -0.118. The second kappa shape index (κ2) is 7.04. The molecule has 1 aromatic heterocycles. The zero-order chi connectivity index (χ0) is 15.2. The quantitative estimate of drug-likeness (QED) is 0.856. The number of amides is 1. The lowest BCUT2D eigenvalue weighted by Gasteiger charge is -2.20. The van der Waals surface area contributed by atoms with Crippen LogP contribution in [0.25, 0.3) is 0 Å². The fourth-order valence-corrected chi connectivity index (χ4v) is 2.15. The van der Waals surface area contributed by atoms with E-state index in [1.807, 2.05) is 48.9 Å². The summed E-state index contributed by atoms with van der Waals surface area (Å²) < 4.78 is 1.99. The lowest BCUT2D eigenvalue weighted by atomic mass is 10.2. The number of carbonyl (C=O) groups excluding carboxylic acids is 1. The van der Waals surface area contributed by atoms with Crippen LogP contribution in [0, 0.1) is 6.92 Å². The van der Waals surface area contributed by atoms with Crippen LogP contribution in [-0.4, -0.2) is 27.5 Å². The van der Waals surface area contributed by atoms with Gasteiger partial charge in [-0.05, 0) is 32.9 Å². The van der Waals surface area contributed by atoms with E-state index in [-0.39, 0.29) is 18.0 Å². The van der Waals surface area contributed by atoms with Gasteiger partial charge in [-0.2, -0.15) is 0 Å². The van der Waals surface area contributed by atoms with Crippen LogP contribution in [0.2, 0.25) is 0 Å². The van der Waals surface area contributed by atoms with Crippen LogP contribution >= 0.6 is 0 Å². The van der Waals surface area contributed by atoms with E-state index in [2.05, 4.69) is 22.5 Å². The first-order chi connectivity index (χ1) is 10.0. The van der Waals surface area contributed by atoms with E-state index < -0.39 is 0 Å². The summed E-state index contributed by atoms with van der Waals surface area (Å²) in [6, 6.07) is 7.71. The van der Waals surface area contributed by atoms with Crippen molar-refractivity contribution >= 4 is 11.6 Å². The van der Waals surface area contributed by atoms with Gasteiger partial charge < -0.3 is 15.2 Å². The Bertz CT molecular complexity index is 562. The van der Waals surface area contributed by atoms with Crippen LogP contribution in [0.4, 0.5) is 5.69 Å². The topological polar surface area (TPSA) is 59.0 Å². The Morgan fingerprint density at radius 1 is 1.29 bits per heavy atom. The average Bonchev–Trinajstić information content (AvgIpc) is 2.94. The maximum Gasteiger partial charge on any atom is 0.241 e. The predicted octanol–water partition coefficient (Wildman–Crippen LogP) is 2.20. The van der Waals surface area contributed by atoms with Gasteiger partial charge in [0.05, 0.1) is 12.4 Å². The van der Waals surface area contributed by atoms with Crippen molar-refractivity contribution in [2.24, 2.45) is 0 Å². The maximum atomic E-state index is 12.1. The Hall–Kier alpha value is -2.14. The number of nitrogens with zero attached hydrogens (tertiary/aromatic N) is 2. The summed E-state index contributed by atoms with van der Waals surface area (Å²) in [6.45, 7) is 6.72. The highest BCUT2D eigenvalue weighted by molar-refractivity contribution is 5.94. The fourth-order valence-electron chi connectivity index (χ4n) is 2.15. The van der Waals surface area contributed by atoms with Gasteiger partial charge in [-0.25, -0.2) is 4.98 Å². The van der Waals surface area contributed by atoms with E-state index in [0.717, 1.165) is 12.2 Å². The molecule has 0 fully saturated rings. The molecule has 5 nitrogen and oxygen atoms in total. The summed E-state index contributed by atoms with van der Waals surface area (Å²) in [5, 5.41) is 6.20. The zero-order valence-electron chi connectivity index (χ0n) is 12.7. The summed E-state index contributed by atoms with van der Waals surface area (Å²) in [7, 11) is 0. The number of rotatable bonds is 6. The molecular weight excluding hydrogens is 264 g/mol. The fraction of sp³-hybridized carbons (Fsp3) is 0.375. The molecular formula is C16H22N4O. The van der Waals surface area contributed by atoms with Crippen LogP contribution in [0.15, 0.2) is 43.0 Å². The van der Waals surface area contributed by atoms with Crippen molar-refractivity contribution in [1.82, 2.24) is 14.9 Å². The van der Waals surface area contributed by atoms with Gasteiger partial charge in [0.2, 0.25) is 5.91 Å². The molecule has 0 bridgehead atoms. The van der Waals surface area contributed by atoms with E-state index in [1.165, 1.54) is 5.56 Å². The molecule has 0 aliphatic carbocycles. The minimum Gasteiger partial charge on any atom is -0.336 e. The summed E-state index contributed by atoms with van der Waals surface area (Å²) >= 11 is 0. The molecule has 21 heavy (non-hydrogen) atoms. The monoisotopic (exact) mass is 286 g/mol. The average molecular weight is 286 g/mol. The van der Waals surface area contributed by atoms with Crippen LogP contribution in [0.1, 0.15) is 19.4 Å². The Morgan fingerprint density at radius 3 is 2.62 bits per heavy atom. The first-order valence-corrected chi connectivity index (χ1v) is 7.14. The minimum absolute atomic E-state index is 0.0312. The van der Waals surface area contributed by atoms with Crippen LogP contribution in [0.3, 0.4) is 0 Å². The minimum atomic E-state index is -0.259. The number of benzene rings is 1. The van der Waals surface area contributed by atoms with E-state index in [0.29, 0.717) is 0 Å². The number of hydrogen-bond acceptors (Lipinski definition) is 3. The molecule has 0 aliphatic heterocycles. The van der Waals surface area contributed by atoms with Crippen molar-refractivity contribution in [1.29, 1.82) is 0 Å². The molecule has 2 unspecified atom stereocenters.